The van der Waals surface area contributed by atoms with E-state index in [4.69, 9.17) is 0 Å². The van der Waals surface area contributed by atoms with Crippen LogP contribution in [0.5, 0.6) is 0 Å². The third-order valence-corrected chi connectivity index (χ3v) is 6.61. The molecule has 0 aromatic carbocycles. The highest BCUT2D eigenvalue weighted by atomic mass is 32.1. The molecule has 2 aromatic rings. The SMILES string of the molecule is CCc1cnc(NC(=O)CC2(C(=O)Nc3ncc(CC)s3)CCNC2)s1. The first kappa shape index (κ1) is 18.9. The number of thiazole rings is 2. The van der Waals surface area contributed by atoms with Crippen molar-refractivity contribution in [2.45, 2.75) is 39.5 Å². The van der Waals surface area contributed by atoms with E-state index in [2.05, 4.69) is 25.9 Å². The van der Waals surface area contributed by atoms with Crippen molar-refractivity contribution in [2.24, 2.45) is 5.41 Å². The van der Waals surface area contributed by atoms with Gasteiger partial charge in [-0.3, -0.25) is 9.59 Å². The molecule has 1 saturated heterocycles. The van der Waals surface area contributed by atoms with Crippen LogP contribution in [-0.4, -0.2) is 34.9 Å². The van der Waals surface area contributed by atoms with Crippen molar-refractivity contribution in [3.63, 3.8) is 0 Å². The first-order valence-corrected chi connectivity index (χ1v) is 10.4. The smallest absolute Gasteiger partial charge is 0.234 e. The molecule has 0 aliphatic carbocycles. The number of hydrogen-bond acceptors (Lipinski definition) is 7. The Morgan fingerprint density at radius 2 is 1.73 bits per heavy atom. The molecule has 0 spiro atoms. The molecule has 0 radical (unpaired) electrons. The highest BCUT2D eigenvalue weighted by molar-refractivity contribution is 7.16. The van der Waals surface area contributed by atoms with Gasteiger partial charge in [0.25, 0.3) is 0 Å². The summed E-state index contributed by atoms with van der Waals surface area (Å²) in [6, 6.07) is 0. The van der Waals surface area contributed by atoms with Crippen molar-refractivity contribution < 1.29 is 9.59 Å². The number of nitrogens with one attached hydrogen (secondary N) is 3. The molecule has 1 fully saturated rings. The summed E-state index contributed by atoms with van der Waals surface area (Å²) in [5.74, 6) is -0.336. The van der Waals surface area contributed by atoms with Crippen LogP contribution in [0.3, 0.4) is 0 Å². The fourth-order valence-corrected chi connectivity index (χ4v) is 4.44. The lowest BCUT2D eigenvalue weighted by molar-refractivity contribution is -0.129. The van der Waals surface area contributed by atoms with Gasteiger partial charge in [-0.05, 0) is 25.8 Å². The highest BCUT2D eigenvalue weighted by Crippen LogP contribution is 2.33. The Hall–Kier alpha value is -1.84. The highest BCUT2D eigenvalue weighted by Gasteiger charge is 2.43. The molecule has 3 rings (SSSR count). The van der Waals surface area contributed by atoms with Crippen molar-refractivity contribution in [1.29, 1.82) is 0 Å². The molecule has 2 amide bonds. The number of carbonyl (C=O) groups is 2. The minimum Gasteiger partial charge on any atom is -0.316 e. The second-order valence-electron chi connectivity index (χ2n) is 6.36. The Morgan fingerprint density at radius 3 is 2.23 bits per heavy atom. The van der Waals surface area contributed by atoms with Gasteiger partial charge in [0.1, 0.15) is 0 Å². The number of amides is 2. The molecule has 1 unspecified atom stereocenters. The molecule has 9 heteroatoms. The van der Waals surface area contributed by atoms with Gasteiger partial charge in [-0.15, -0.1) is 22.7 Å². The molecule has 0 bridgehead atoms. The van der Waals surface area contributed by atoms with Gasteiger partial charge in [0, 0.05) is 35.1 Å². The predicted molar refractivity (Wildman–Crippen MR) is 105 cm³/mol. The fraction of sp³-hybridized carbons (Fsp3) is 0.529. The van der Waals surface area contributed by atoms with Crippen LogP contribution in [0.1, 0.15) is 36.4 Å². The molecule has 1 aliphatic rings. The Bertz CT molecular complexity index is 780. The maximum absolute atomic E-state index is 12.9. The van der Waals surface area contributed by atoms with Gasteiger partial charge in [0.15, 0.2) is 10.3 Å². The Labute approximate surface area is 160 Å². The van der Waals surface area contributed by atoms with Crippen LogP contribution in [0.4, 0.5) is 10.3 Å². The summed E-state index contributed by atoms with van der Waals surface area (Å²) in [5, 5.41) is 10.1. The lowest BCUT2D eigenvalue weighted by atomic mass is 9.82. The number of aromatic nitrogens is 2. The third-order valence-electron chi connectivity index (χ3n) is 4.50. The first-order chi connectivity index (χ1) is 12.5. The van der Waals surface area contributed by atoms with Crippen LogP contribution >= 0.6 is 22.7 Å². The summed E-state index contributed by atoms with van der Waals surface area (Å²) in [6.07, 6.45) is 6.07. The van der Waals surface area contributed by atoms with Gasteiger partial charge in [0.2, 0.25) is 11.8 Å². The molecule has 3 heterocycles. The average molecular weight is 394 g/mol. The van der Waals surface area contributed by atoms with Crippen LogP contribution in [-0.2, 0) is 22.4 Å². The van der Waals surface area contributed by atoms with Crippen molar-refractivity contribution >= 4 is 44.8 Å². The third kappa shape index (κ3) is 4.28. The van der Waals surface area contributed by atoms with E-state index in [1.807, 2.05) is 13.8 Å². The molecule has 1 aliphatic heterocycles. The normalized spacial score (nSPS) is 19.5. The minimum atomic E-state index is -0.757. The Kier molecular flexibility index (Phi) is 6.00. The summed E-state index contributed by atoms with van der Waals surface area (Å²) in [4.78, 5) is 36.1. The number of hydrogen-bond donors (Lipinski definition) is 3. The lowest BCUT2D eigenvalue weighted by Crippen LogP contribution is -2.41. The van der Waals surface area contributed by atoms with E-state index < -0.39 is 5.41 Å². The van der Waals surface area contributed by atoms with Gasteiger partial charge in [-0.25, -0.2) is 9.97 Å². The van der Waals surface area contributed by atoms with Crippen molar-refractivity contribution in [1.82, 2.24) is 15.3 Å². The number of aryl methyl sites for hydroxylation is 2. The summed E-state index contributed by atoms with van der Waals surface area (Å²) in [5.41, 5.74) is -0.757. The second kappa shape index (κ2) is 8.24. The van der Waals surface area contributed by atoms with E-state index in [0.717, 1.165) is 29.1 Å². The molecule has 3 N–H and O–H groups in total. The van der Waals surface area contributed by atoms with Crippen LogP contribution in [0, 0.1) is 5.41 Å². The van der Waals surface area contributed by atoms with Gasteiger partial charge in [0.05, 0.1) is 5.41 Å². The molecule has 7 nitrogen and oxygen atoms in total. The largest absolute Gasteiger partial charge is 0.316 e. The van der Waals surface area contributed by atoms with E-state index >= 15 is 0 Å². The summed E-state index contributed by atoms with van der Waals surface area (Å²) in [7, 11) is 0. The number of carbonyl (C=O) groups excluding carboxylic acids is 2. The topological polar surface area (TPSA) is 96.0 Å². The van der Waals surface area contributed by atoms with Gasteiger partial charge < -0.3 is 16.0 Å². The number of rotatable bonds is 7. The molecular formula is C17H23N5O2S2. The maximum atomic E-state index is 12.9. The van der Waals surface area contributed by atoms with E-state index in [-0.39, 0.29) is 18.2 Å². The van der Waals surface area contributed by atoms with Crippen LogP contribution < -0.4 is 16.0 Å². The van der Waals surface area contributed by atoms with Crippen molar-refractivity contribution in [2.75, 3.05) is 23.7 Å². The van der Waals surface area contributed by atoms with E-state index in [9.17, 15) is 9.59 Å². The van der Waals surface area contributed by atoms with Gasteiger partial charge in [-0.2, -0.15) is 0 Å². The van der Waals surface area contributed by atoms with Crippen LogP contribution in [0.2, 0.25) is 0 Å². The molecule has 1 atom stereocenters. The van der Waals surface area contributed by atoms with Crippen molar-refractivity contribution in [3.05, 3.63) is 22.1 Å². The molecule has 140 valence electrons. The summed E-state index contributed by atoms with van der Waals surface area (Å²) < 4.78 is 0. The van der Waals surface area contributed by atoms with Crippen LogP contribution in [0.15, 0.2) is 12.4 Å². The lowest BCUT2D eigenvalue weighted by Gasteiger charge is -2.25. The summed E-state index contributed by atoms with van der Waals surface area (Å²) in [6.45, 7) is 5.30. The molecular weight excluding hydrogens is 370 g/mol. The predicted octanol–water partition coefficient (Wildman–Crippen LogP) is 2.67. The fourth-order valence-electron chi connectivity index (χ4n) is 2.93. The molecule has 26 heavy (non-hydrogen) atoms. The zero-order chi connectivity index (χ0) is 18.6. The Morgan fingerprint density at radius 1 is 1.12 bits per heavy atom. The minimum absolute atomic E-state index is 0.124. The van der Waals surface area contributed by atoms with E-state index in [1.54, 1.807) is 12.4 Å². The van der Waals surface area contributed by atoms with E-state index in [0.29, 0.717) is 23.2 Å². The molecule has 0 saturated carbocycles. The quantitative estimate of drug-likeness (QED) is 0.672. The number of anilines is 2. The van der Waals surface area contributed by atoms with Gasteiger partial charge >= 0.3 is 0 Å². The second-order valence-corrected chi connectivity index (χ2v) is 8.59. The summed E-state index contributed by atoms with van der Waals surface area (Å²) >= 11 is 2.94. The Balaban J connectivity index is 1.66. The monoisotopic (exact) mass is 393 g/mol. The standard InChI is InChI=1S/C17H23N5O2S2/c1-3-11-8-19-15(25-11)21-13(23)7-17(5-6-18-10-17)14(24)22-16-20-9-12(4-2)26-16/h8-9,18H,3-7,10H2,1-2H3,(H,19,21,23)(H,20,22,24). The zero-order valence-corrected chi connectivity index (χ0v) is 16.6. The zero-order valence-electron chi connectivity index (χ0n) is 14.9. The van der Waals surface area contributed by atoms with Crippen LogP contribution in [0.25, 0.3) is 0 Å². The first-order valence-electron chi connectivity index (χ1n) is 8.76. The number of nitrogens with zero attached hydrogens (tertiary/aromatic N) is 2. The van der Waals surface area contributed by atoms with Gasteiger partial charge in [-0.1, -0.05) is 13.8 Å². The average Bonchev–Trinajstić information content (AvgIpc) is 3.36. The van der Waals surface area contributed by atoms with E-state index in [1.165, 1.54) is 22.7 Å². The maximum Gasteiger partial charge on any atom is 0.234 e. The molecule has 2 aromatic heterocycles. The van der Waals surface area contributed by atoms with Crippen molar-refractivity contribution in [3.8, 4) is 0 Å².